The summed E-state index contributed by atoms with van der Waals surface area (Å²) in [7, 11) is 0. The predicted octanol–water partition coefficient (Wildman–Crippen LogP) is 6.55. The Morgan fingerprint density at radius 1 is 0.974 bits per heavy atom. The molecule has 1 aliphatic heterocycles. The number of imidazole rings is 1. The Bertz CT molecular complexity index is 1740. The molecule has 1 saturated carbocycles. The summed E-state index contributed by atoms with van der Waals surface area (Å²) in [6, 6.07) is 28.0. The van der Waals surface area contributed by atoms with Crippen molar-refractivity contribution in [3.05, 3.63) is 96.7 Å². The third kappa shape index (κ3) is 3.72. The number of carbonyl (C=O) groups is 1. The molecular weight excluding hydrogens is 488 g/mol. The fraction of sp³-hybridized carbons (Fsp3) is 0.129. The van der Waals surface area contributed by atoms with Gasteiger partial charge in [-0.15, -0.1) is 0 Å². The van der Waals surface area contributed by atoms with E-state index in [-0.39, 0.29) is 0 Å². The van der Waals surface area contributed by atoms with E-state index < -0.39 is 11.6 Å². The van der Waals surface area contributed by atoms with Crippen molar-refractivity contribution in [2.24, 2.45) is 0 Å². The van der Waals surface area contributed by atoms with Crippen LogP contribution in [0.4, 0.5) is 22.0 Å². The van der Waals surface area contributed by atoms with E-state index in [1.165, 1.54) is 0 Å². The van der Waals surface area contributed by atoms with Crippen molar-refractivity contribution in [1.29, 1.82) is 0 Å². The van der Waals surface area contributed by atoms with E-state index in [2.05, 4.69) is 38.4 Å². The van der Waals surface area contributed by atoms with Crippen molar-refractivity contribution >= 4 is 23.3 Å². The Kier molecular flexibility index (Phi) is 5.16. The van der Waals surface area contributed by atoms with Gasteiger partial charge in [0.25, 0.3) is 0 Å². The van der Waals surface area contributed by atoms with Crippen LogP contribution in [0.2, 0.25) is 0 Å². The Morgan fingerprint density at radius 3 is 2.54 bits per heavy atom. The maximum atomic E-state index is 11.5. The zero-order valence-corrected chi connectivity index (χ0v) is 21.1. The van der Waals surface area contributed by atoms with Crippen molar-refractivity contribution < 1.29 is 9.90 Å². The number of fused-ring (bicyclic) bond motifs is 5. The highest BCUT2D eigenvalue weighted by molar-refractivity contribution is 5.91. The standard InChI is InChI=1S/C31H26N6O2/c32-22-7-3-6-20(18-22)26-27(19-11-13-21(14-12-19)31(15-5-16-31)36-30(38)39)37-25-10-4-17-33-28(25)34-24-9-2-1-8-23(24)29(37)35-26/h1-4,6-14,17-18,36H,5,15-16,32H2,(H,33,34)(H,38,39). The molecule has 0 atom stereocenters. The zero-order valence-electron chi connectivity index (χ0n) is 21.1. The maximum Gasteiger partial charge on any atom is 0.405 e. The molecular formula is C31H26N6O2. The summed E-state index contributed by atoms with van der Waals surface area (Å²) < 4.78 is 2.16. The van der Waals surface area contributed by atoms with Gasteiger partial charge in [0.1, 0.15) is 5.82 Å². The van der Waals surface area contributed by atoms with Gasteiger partial charge in [0.15, 0.2) is 5.82 Å². The van der Waals surface area contributed by atoms with Crippen LogP contribution in [0.1, 0.15) is 24.8 Å². The molecule has 1 amide bonds. The number of hydrogen-bond acceptors (Lipinski definition) is 5. The maximum absolute atomic E-state index is 11.5. The van der Waals surface area contributed by atoms with Crippen LogP contribution >= 0.6 is 0 Å². The normalized spacial score (nSPS) is 14.6. The summed E-state index contributed by atoms with van der Waals surface area (Å²) in [5, 5.41) is 15.7. The van der Waals surface area contributed by atoms with Crippen molar-refractivity contribution in [1.82, 2.24) is 19.9 Å². The van der Waals surface area contributed by atoms with Crippen molar-refractivity contribution in [2.75, 3.05) is 11.1 Å². The topological polar surface area (TPSA) is 118 Å². The third-order valence-electron chi connectivity index (χ3n) is 7.75. The van der Waals surface area contributed by atoms with E-state index in [9.17, 15) is 9.90 Å². The van der Waals surface area contributed by atoms with Crippen molar-refractivity contribution in [3.8, 4) is 39.6 Å². The van der Waals surface area contributed by atoms with Gasteiger partial charge in [-0.05, 0) is 61.2 Å². The molecule has 0 saturated heterocycles. The smallest absolute Gasteiger partial charge is 0.405 e. The van der Waals surface area contributed by atoms with Crippen LogP contribution in [-0.4, -0.2) is 25.7 Å². The van der Waals surface area contributed by atoms with E-state index in [1.807, 2.05) is 66.7 Å². The minimum absolute atomic E-state index is 0.533. The first-order chi connectivity index (χ1) is 19.0. The number of carboxylic acid groups (broad SMARTS) is 1. The third-order valence-corrected chi connectivity index (χ3v) is 7.75. The molecule has 0 radical (unpaired) electrons. The molecule has 192 valence electrons. The van der Waals surface area contributed by atoms with E-state index >= 15 is 0 Å². The fourth-order valence-corrected chi connectivity index (χ4v) is 5.75. The van der Waals surface area contributed by atoms with Gasteiger partial charge in [-0.25, -0.2) is 14.8 Å². The van der Waals surface area contributed by atoms with E-state index in [1.54, 1.807) is 6.20 Å². The van der Waals surface area contributed by atoms with Gasteiger partial charge >= 0.3 is 6.09 Å². The molecule has 8 nitrogen and oxygen atoms in total. The van der Waals surface area contributed by atoms with E-state index in [4.69, 9.17) is 10.7 Å². The van der Waals surface area contributed by atoms with Crippen molar-refractivity contribution in [3.63, 3.8) is 0 Å². The van der Waals surface area contributed by atoms with E-state index in [0.29, 0.717) is 5.69 Å². The molecule has 0 bridgehead atoms. The van der Waals surface area contributed by atoms with Crippen LogP contribution in [0.25, 0.3) is 39.6 Å². The molecule has 1 fully saturated rings. The first-order valence-corrected chi connectivity index (χ1v) is 12.9. The molecule has 39 heavy (non-hydrogen) atoms. The lowest BCUT2D eigenvalue weighted by Gasteiger charge is -2.42. The largest absolute Gasteiger partial charge is 0.465 e. The molecule has 8 heteroatoms. The van der Waals surface area contributed by atoms with Crippen LogP contribution < -0.4 is 16.4 Å². The molecule has 7 rings (SSSR count). The number of anilines is 3. The first-order valence-electron chi connectivity index (χ1n) is 12.9. The molecule has 1 aliphatic carbocycles. The molecule has 5 aromatic rings. The monoisotopic (exact) mass is 514 g/mol. The fourth-order valence-electron chi connectivity index (χ4n) is 5.75. The molecule has 5 N–H and O–H groups in total. The second kappa shape index (κ2) is 8.73. The number of rotatable bonds is 4. The SMILES string of the molecule is Nc1cccc(-c2nc3n(c2-c2ccc(C4(NC(=O)O)CCC4)cc2)-c2cccnc2Nc2ccccc2-3)c1. The van der Waals surface area contributed by atoms with Crippen LogP contribution in [0.3, 0.4) is 0 Å². The summed E-state index contributed by atoms with van der Waals surface area (Å²) in [6.07, 6.45) is 3.35. The number of nitrogens with zero attached hydrogens (tertiary/aromatic N) is 3. The number of pyridine rings is 1. The van der Waals surface area contributed by atoms with Gasteiger partial charge in [0.05, 0.1) is 28.3 Å². The van der Waals surface area contributed by atoms with Crippen LogP contribution in [0.5, 0.6) is 0 Å². The first kappa shape index (κ1) is 23.0. The van der Waals surface area contributed by atoms with Gasteiger partial charge in [-0.1, -0.05) is 48.5 Å². The summed E-state index contributed by atoms with van der Waals surface area (Å²) in [4.78, 5) is 21.4. The summed E-state index contributed by atoms with van der Waals surface area (Å²) in [6.45, 7) is 0. The Labute approximate surface area is 225 Å². The second-order valence-corrected chi connectivity index (χ2v) is 10.1. The number of nitrogens with one attached hydrogen (secondary N) is 2. The number of amides is 1. The lowest BCUT2D eigenvalue weighted by molar-refractivity contribution is 0.144. The van der Waals surface area contributed by atoms with Crippen LogP contribution in [0.15, 0.2) is 91.1 Å². The summed E-state index contributed by atoms with van der Waals surface area (Å²) in [5.41, 5.74) is 13.6. The molecule has 0 unspecified atom stereocenters. The van der Waals surface area contributed by atoms with Gasteiger partial charge in [0, 0.05) is 28.6 Å². The van der Waals surface area contributed by atoms with Crippen LogP contribution in [-0.2, 0) is 5.54 Å². The molecule has 3 heterocycles. The quantitative estimate of drug-likeness (QED) is 0.198. The zero-order chi connectivity index (χ0) is 26.6. The number of aromatic nitrogens is 3. The van der Waals surface area contributed by atoms with Gasteiger partial charge in [0.2, 0.25) is 0 Å². The Hall–Kier alpha value is -5.11. The van der Waals surface area contributed by atoms with Gasteiger partial charge < -0.3 is 21.5 Å². The highest BCUT2D eigenvalue weighted by Crippen LogP contribution is 2.46. The molecule has 3 aromatic carbocycles. The predicted molar refractivity (Wildman–Crippen MR) is 152 cm³/mol. The summed E-state index contributed by atoms with van der Waals surface area (Å²) >= 11 is 0. The Balaban J connectivity index is 1.49. The van der Waals surface area contributed by atoms with E-state index in [0.717, 1.165) is 75.9 Å². The minimum Gasteiger partial charge on any atom is -0.465 e. The lowest BCUT2D eigenvalue weighted by Crippen LogP contribution is -2.50. The van der Waals surface area contributed by atoms with Gasteiger partial charge in [-0.2, -0.15) is 0 Å². The summed E-state index contributed by atoms with van der Waals surface area (Å²) in [5.74, 6) is 1.53. The average molecular weight is 515 g/mol. The lowest BCUT2D eigenvalue weighted by atomic mass is 9.71. The number of hydrogen-bond donors (Lipinski definition) is 4. The second-order valence-electron chi connectivity index (χ2n) is 10.1. The number of benzene rings is 3. The van der Waals surface area contributed by atoms with Gasteiger partial charge in [-0.3, -0.25) is 4.57 Å². The highest BCUT2D eigenvalue weighted by Gasteiger charge is 2.40. The molecule has 0 spiro atoms. The average Bonchev–Trinajstić information content (AvgIpc) is 3.25. The minimum atomic E-state index is -1.00. The number of nitrogens with two attached hydrogens (primary N) is 1. The Morgan fingerprint density at radius 2 is 1.79 bits per heavy atom. The molecule has 2 aromatic heterocycles. The number of nitrogen functional groups attached to an aromatic ring is 1. The van der Waals surface area contributed by atoms with Crippen LogP contribution in [0, 0.1) is 0 Å². The van der Waals surface area contributed by atoms with Crippen molar-refractivity contribution in [2.45, 2.75) is 24.8 Å². The highest BCUT2D eigenvalue weighted by atomic mass is 16.4. The number of para-hydroxylation sites is 1. The molecule has 2 aliphatic rings.